The zero-order valence-corrected chi connectivity index (χ0v) is 30.3. The fourth-order valence-corrected chi connectivity index (χ4v) is 8.10. The Hall–Kier alpha value is -7.22. The molecule has 0 amide bonds. The number of rotatable bonds is 7. The summed E-state index contributed by atoms with van der Waals surface area (Å²) in [5.41, 5.74) is 12.9. The Kier molecular flexibility index (Phi) is 8.24. The van der Waals surface area contributed by atoms with Gasteiger partial charge >= 0.3 is 0 Å². The second kappa shape index (κ2) is 14.0. The largest absolute Gasteiger partial charge is 0.310 e. The van der Waals surface area contributed by atoms with Crippen molar-refractivity contribution in [2.24, 2.45) is 0 Å². The molecule has 0 aliphatic heterocycles. The van der Waals surface area contributed by atoms with E-state index < -0.39 is 0 Å². The second-order valence-corrected chi connectivity index (χ2v) is 14.1. The number of anilines is 3. The van der Waals surface area contributed by atoms with Crippen molar-refractivity contribution < 1.29 is 0 Å². The molecule has 0 N–H and O–H groups in total. The van der Waals surface area contributed by atoms with E-state index in [9.17, 15) is 0 Å². The van der Waals surface area contributed by atoms with Crippen LogP contribution in [0, 0.1) is 0 Å². The van der Waals surface area contributed by atoms with Gasteiger partial charge in [0.15, 0.2) is 0 Å². The van der Waals surface area contributed by atoms with E-state index >= 15 is 0 Å². The molecule has 0 fully saturated rings. The van der Waals surface area contributed by atoms with Crippen LogP contribution in [0.5, 0.6) is 0 Å². The molecular formula is C54H37N. The second-order valence-electron chi connectivity index (χ2n) is 14.1. The summed E-state index contributed by atoms with van der Waals surface area (Å²) in [5, 5.41) is 7.47. The van der Waals surface area contributed by atoms with Crippen LogP contribution in [0.25, 0.3) is 76.8 Å². The summed E-state index contributed by atoms with van der Waals surface area (Å²) in [6.45, 7) is 0. The minimum Gasteiger partial charge on any atom is -0.310 e. The topological polar surface area (TPSA) is 3.24 Å². The zero-order valence-electron chi connectivity index (χ0n) is 30.3. The van der Waals surface area contributed by atoms with Gasteiger partial charge in [0.2, 0.25) is 0 Å². The van der Waals surface area contributed by atoms with Crippen molar-refractivity contribution in [2.75, 3.05) is 4.90 Å². The van der Waals surface area contributed by atoms with Gasteiger partial charge in [0, 0.05) is 16.9 Å². The Morgan fingerprint density at radius 2 is 0.782 bits per heavy atom. The fourth-order valence-electron chi connectivity index (χ4n) is 8.10. The summed E-state index contributed by atoms with van der Waals surface area (Å²) < 4.78 is 0. The molecule has 0 saturated carbocycles. The van der Waals surface area contributed by atoms with Crippen LogP contribution in [0.4, 0.5) is 17.1 Å². The molecule has 10 aromatic rings. The Morgan fingerprint density at radius 1 is 0.236 bits per heavy atom. The van der Waals surface area contributed by atoms with E-state index in [1.165, 1.54) is 76.8 Å². The van der Waals surface area contributed by atoms with Crippen LogP contribution in [0.3, 0.4) is 0 Å². The molecule has 1 heteroatoms. The number of para-hydroxylation sites is 1. The molecule has 0 heterocycles. The van der Waals surface area contributed by atoms with Crippen LogP contribution in [0.2, 0.25) is 0 Å². The molecule has 0 saturated heterocycles. The smallest absolute Gasteiger partial charge is 0.0540 e. The number of hydrogen-bond donors (Lipinski definition) is 0. The van der Waals surface area contributed by atoms with Gasteiger partial charge in [-0.05, 0) is 108 Å². The Labute approximate surface area is 322 Å². The number of nitrogens with zero attached hydrogens (tertiary/aromatic N) is 1. The van der Waals surface area contributed by atoms with Crippen LogP contribution in [0.15, 0.2) is 224 Å². The highest BCUT2D eigenvalue weighted by molar-refractivity contribution is 6.12. The molecule has 0 radical (unpaired) electrons. The zero-order chi connectivity index (χ0) is 36.6. The SMILES string of the molecule is c1ccc(-c2ccc(-c3ccccc3N(c3cccc(-c4cccc5c4ccc4ccccc45)c3)c3ccc4cc(-c5ccccc5)ccc4c3)cc2)cc1. The molecule has 10 aromatic carbocycles. The first kappa shape index (κ1) is 32.4. The van der Waals surface area contributed by atoms with Crippen LogP contribution in [-0.4, -0.2) is 0 Å². The molecule has 0 bridgehead atoms. The molecule has 1 nitrogen and oxygen atoms in total. The maximum Gasteiger partial charge on any atom is 0.0540 e. The predicted molar refractivity (Wildman–Crippen MR) is 235 cm³/mol. The first-order valence-corrected chi connectivity index (χ1v) is 18.9. The lowest BCUT2D eigenvalue weighted by atomic mass is 9.94. The maximum atomic E-state index is 2.43. The van der Waals surface area contributed by atoms with E-state index in [-0.39, 0.29) is 0 Å². The van der Waals surface area contributed by atoms with E-state index in [0.717, 1.165) is 17.1 Å². The van der Waals surface area contributed by atoms with Crippen molar-refractivity contribution in [3.8, 4) is 44.5 Å². The number of benzene rings is 10. The van der Waals surface area contributed by atoms with Crippen molar-refractivity contribution in [2.45, 2.75) is 0 Å². The Balaban J connectivity index is 1.13. The molecule has 0 aromatic heterocycles. The van der Waals surface area contributed by atoms with Gasteiger partial charge in [0.1, 0.15) is 0 Å². The van der Waals surface area contributed by atoms with E-state index in [2.05, 4.69) is 229 Å². The molecule has 55 heavy (non-hydrogen) atoms. The van der Waals surface area contributed by atoms with Crippen molar-refractivity contribution in [3.63, 3.8) is 0 Å². The summed E-state index contributed by atoms with van der Waals surface area (Å²) in [6.07, 6.45) is 0. The Bertz CT molecular complexity index is 2960. The highest BCUT2D eigenvalue weighted by Gasteiger charge is 2.19. The third-order valence-electron chi connectivity index (χ3n) is 10.8. The molecule has 10 rings (SSSR count). The van der Waals surface area contributed by atoms with Gasteiger partial charge in [0.05, 0.1) is 5.69 Å². The molecule has 0 spiro atoms. The Morgan fingerprint density at radius 3 is 1.62 bits per heavy atom. The van der Waals surface area contributed by atoms with Gasteiger partial charge in [-0.1, -0.05) is 188 Å². The summed E-state index contributed by atoms with van der Waals surface area (Å²) in [7, 11) is 0. The fraction of sp³-hybridized carbons (Fsp3) is 0. The molecule has 0 unspecified atom stereocenters. The standard InChI is InChI=1S/C54H37N/c1-3-13-38(14-4-1)40-25-27-42(28-26-40)51-21-9-10-24-54(51)55(48-33-31-44-35-43(29-30-45(44)36-48)39-15-5-2-6-16-39)47-19-11-18-46(37-47)50-22-12-23-52-49-20-8-7-17-41(49)32-34-53(50)52/h1-37H. The molecule has 0 aliphatic carbocycles. The van der Waals surface area contributed by atoms with Gasteiger partial charge in [-0.3, -0.25) is 0 Å². The summed E-state index contributed by atoms with van der Waals surface area (Å²) in [6, 6.07) is 81.5. The average molecular weight is 700 g/mol. The van der Waals surface area contributed by atoms with Crippen molar-refractivity contribution in [1.82, 2.24) is 0 Å². The highest BCUT2D eigenvalue weighted by Crippen LogP contribution is 2.44. The van der Waals surface area contributed by atoms with Gasteiger partial charge in [-0.2, -0.15) is 0 Å². The van der Waals surface area contributed by atoms with Crippen molar-refractivity contribution >= 4 is 49.4 Å². The highest BCUT2D eigenvalue weighted by atomic mass is 15.1. The monoisotopic (exact) mass is 699 g/mol. The predicted octanol–water partition coefficient (Wildman–Crippen LogP) is 15.3. The summed E-state index contributed by atoms with van der Waals surface area (Å²) in [4.78, 5) is 2.43. The van der Waals surface area contributed by atoms with Crippen LogP contribution in [-0.2, 0) is 0 Å². The number of fused-ring (bicyclic) bond motifs is 4. The van der Waals surface area contributed by atoms with Gasteiger partial charge in [-0.15, -0.1) is 0 Å². The lowest BCUT2D eigenvalue weighted by Gasteiger charge is -2.29. The first-order valence-electron chi connectivity index (χ1n) is 18.9. The quantitative estimate of drug-likeness (QED) is 0.150. The first-order chi connectivity index (χ1) is 27.3. The van der Waals surface area contributed by atoms with E-state index in [4.69, 9.17) is 0 Å². The third kappa shape index (κ3) is 6.12. The minimum atomic E-state index is 1.10. The average Bonchev–Trinajstić information content (AvgIpc) is 3.27. The van der Waals surface area contributed by atoms with Crippen molar-refractivity contribution in [3.05, 3.63) is 224 Å². The summed E-state index contributed by atoms with van der Waals surface area (Å²) in [5.74, 6) is 0. The summed E-state index contributed by atoms with van der Waals surface area (Å²) >= 11 is 0. The normalized spacial score (nSPS) is 11.3. The van der Waals surface area contributed by atoms with Gasteiger partial charge in [0.25, 0.3) is 0 Å². The van der Waals surface area contributed by atoms with Crippen LogP contribution in [0.1, 0.15) is 0 Å². The molecule has 258 valence electrons. The van der Waals surface area contributed by atoms with Crippen LogP contribution < -0.4 is 4.90 Å². The molecule has 0 aliphatic rings. The van der Waals surface area contributed by atoms with E-state index in [1.807, 2.05) is 0 Å². The molecular weight excluding hydrogens is 663 g/mol. The maximum absolute atomic E-state index is 2.43. The van der Waals surface area contributed by atoms with Gasteiger partial charge in [-0.25, -0.2) is 0 Å². The van der Waals surface area contributed by atoms with Crippen LogP contribution >= 0.6 is 0 Å². The van der Waals surface area contributed by atoms with E-state index in [0.29, 0.717) is 0 Å². The van der Waals surface area contributed by atoms with Gasteiger partial charge < -0.3 is 4.90 Å². The molecule has 0 atom stereocenters. The lowest BCUT2D eigenvalue weighted by Crippen LogP contribution is -2.11. The minimum absolute atomic E-state index is 1.10. The lowest BCUT2D eigenvalue weighted by molar-refractivity contribution is 1.29. The number of hydrogen-bond acceptors (Lipinski definition) is 1. The van der Waals surface area contributed by atoms with Crippen molar-refractivity contribution in [1.29, 1.82) is 0 Å². The van der Waals surface area contributed by atoms with E-state index in [1.54, 1.807) is 0 Å². The third-order valence-corrected chi connectivity index (χ3v) is 10.8.